The number of hydrogen-bond donors (Lipinski definition) is 1. The number of non-ortho nitro benzene ring substituents is 1. The van der Waals surface area contributed by atoms with Crippen LogP contribution in [0.4, 0.5) is 17.1 Å². The molecule has 0 aliphatic heterocycles. The molecule has 32 heavy (non-hydrogen) atoms. The molecule has 0 aliphatic rings. The molecule has 12 heteroatoms. The van der Waals surface area contributed by atoms with Gasteiger partial charge in [0.1, 0.15) is 11.5 Å². The first kappa shape index (κ1) is 22.4. The Morgan fingerprint density at radius 2 is 1.56 bits per heavy atom. The molecule has 0 amide bonds. The van der Waals surface area contributed by atoms with E-state index in [-0.39, 0.29) is 16.9 Å². The third kappa shape index (κ3) is 5.05. The highest BCUT2D eigenvalue weighted by atomic mass is 32.2. The maximum absolute atomic E-state index is 12.8. The van der Waals surface area contributed by atoms with Gasteiger partial charge in [0.15, 0.2) is 0 Å². The first-order chi connectivity index (χ1) is 15.2. The molecule has 0 atom stereocenters. The molecule has 1 N–H and O–H groups in total. The third-order valence-corrected chi connectivity index (χ3v) is 5.70. The van der Waals surface area contributed by atoms with Gasteiger partial charge >= 0.3 is 5.97 Å². The van der Waals surface area contributed by atoms with Gasteiger partial charge in [-0.1, -0.05) is 30.3 Å². The van der Waals surface area contributed by atoms with Crippen molar-refractivity contribution in [2.24, 2.45) is 0 Å². The molecule has 0 spiro atoms. The number of para-hydroxylation sites is 2. The van der Waals surface area contributed by atoms with Crippen molar-refractivity contribution in [3.8, 4) is 0 Å². The summed E-state index contributed by atoms with van der Waals surface area (Å²) in [6.07, 6.45) is 0. The normalized spacial score (nSPS) is 10.9. The van der Waals surface area contributed by atoms with E-state index in [2.05, 4.69) is 4.72 Å². The van der Waals surface area contributed by atoms with E-state index in [1.54, 1.807) is 18.2 Å². The monoisotopic (exact) mass is 457 g/mol. The minimum atomic E-state index is -4.32. The van der Waals surface area contributed by atoms with Gasteiger partial charge in [-0.25, -0.2) is 13.2 Å². The molecule has 0 bridgehead atoms. The van der Waals surface area contributed by atoms with Gasteiger partial charge < -0.3 is 4.74 Å². The zero-order valence-corrected chi connectivity index (χ0v) is 17.0. The highest BCUT2D eigenvalue weighted by molar-refractivity contribution is 7.92. The number of ether oxygens (including phenoxy) is 1. The third-order valence-electron chi connectivity index (χ3n) is 4.26. The largest absolute Gasteiger partial charge is 0.457 e. The van der Waals surface area contributed by atoms with Crippen LogP contribution in [0.5, 0.6) is 0 Å². The number of nitro benzene ring substituents is 2. The number of hydrogen-bond acceptors (Lipinski definition) is 8. The SMILES string of the molecule is O=C(OCc1ccccc1[N+](=O)[O-])c1cc([N+](=O)[O-])ccc1S(=O)(=O)Nc1ccccc1. The zero-order chi connectivity index (χ0) is 23.3. The van der Waals surface area contributed by atoms with Gasteiger partial charge in [-0.2, -0.15) is 0 Å². The Labute approximate surface area is 181 Å². The number of anilines is 1. The quantitative estimate of drug-likeness (QED) is 0.305. The van der Waals surface area contributed by atoms with E-state index >= 15 is 0 Å². The van der Waals surface area contributed by atoms with Crippen LogP contribution in [0.3, 0.4) is 0 Å². The molecule has 11 nitrogen and oxygen atoms in total. The Balaban J connectivity index is 1.95. The average Bonchev–Trinajstić information content (AvgIpc) is 2.77. The predicted octanol–water partition coefficient (Wildman–Crippen LogP) is 3.66. The predicted molar refractivity (Wildman–Crippen MR) is 113 cm³/mol. The Kier molecular flexibility index (Phi) is 6.45. The number of nitro groups is 2. The molecule has 0 saturated heterocycles. The molecule has 0 saturated carbocycles. The molecular formula is C20H15N3O8S. The Morgan fingerprint density at radius 3 is 2.22 bits per heavy atom. The lowest BCUT2D eigenvalue weighted by atomic mass is 10.2. The number of sulfonamides is 1. The second kappa shape index (κ2) is 9.22. The molecule has 0 aliphatic carbocycles. The topological polar surface area (TPSA) is 159 Å². The molecule has 0 unspecified atom stereocenters. The first-order valence-corrected chi connectivity index (χ1v) is 10.4. The Bertz CT molecular complexity index is 1290. The van der Waals surface area contributed by atoms with Gasteiger partial charge in [0.05, 0.1) is 21.0 Å². The van der Waals surface area contributed by atoms with E-state index in [4.69, 9.17) is 4.74 Å². The second-order valence-electron chi connectivity index (χ2n) is 6.37. The molecule has 0 heterocycles. The standard InChI is InChI=1S/C20H15N3O8S/c24-20(31-13-14-6-4-5-9-18(14)23(27)28)17-12-16(22(25)26)10-11-19(17)32(29,30)21-15-7-2-1-3-8-15/h1-12,21H,13H2. The van der Waals surface area contributed by atoms with E-state index < -0.39 is 48.6 Å². The molecule has 0 radical (unpaired) electrons. The first-order valence-electron chi connectivity index (χ1n) is 8.95. The summed E-state index contributed by atoms with van der Waals surface area (Å²) in [6, 6.07) is 16.0. The Hall–Kier alpha value is -4.32. The minimum Gasteiger partial charge on any atom is -0.457 e. The molecule has 3 aromatic carbocycles. The van der Waals surface area contributed by atoms with Gasteiger partial charge in [-0.3, -0.25) is 25.0 Å². The maximum atomic E-state index is 12.8. The van der Waals surface area contributed by atoms with Crippen molar-refractivity contribution in [2.45, 2.75) is 11.5 Å². The maximum Gasteiger partial charge on any atom is 0.340 e. The fraction of sp³-hybridized carbons (Fsp3) is 0.0500. The molecule has 0 aromatic heterocycles. The lowest BCUT2D eigenvalue weighted by molar-refractivity contribution is -0.385. The van der Waals surface area contributed by atoms with Gasteiger partial charge in [-0.05, 0) is 24.3 Å². The Morgan fingerprint density at radius 1 is 0.906 bits per heavy atom. The van der Waals surface area contributed by atoms with Crippen LogP contribution in [-0.2, 0) is 21.4 Å². The second-order valence-corrected chi connectivity index (χ2v) is 8.02. The van der Waals surface area contributed by atoms with Crippen molar-refractivity contribution >= 4 is 33.1 Å². The van der Waals surface area contributed by atoms with Crippen LogP contribution in [0.15, 0.2) is 77.7 Å². The summed E-state index contributed by atoms with van der Waals surface area (Å²) >= 11 is 0. The van der Waals surface area contributed by atoms with Crippen molar-refractivity contribution in [1.29, 1.82) is 0 Å². The van der Waals surface area contributed by atoms with Crippen LogP contribution in [0.2, 0.25) is 0 Å². The fourth-order valence-corrected chi connectivity index (χ4v) is 4.01. The summed E-state index contributed by atoms with van der Waals surface area (Å²) in [5.74, 6) is -1.19. The number of nitrogens with one attached hydrogen (secondary N) is 1. The van der Waals surface area contributed by atoms with Crippen molar-refractivity contribution in [2.75, 3.05) is 4.72 Å². The highest BCUT2D eigenvalue weighted by Gasteiger charge is 2.27. The molecular weight excluding hydrogens is 442 g/mol. The van der Waals surface area contributed by atoms with Crippen molar-refractivity contribution < 1.29 is 27.8 Å². The summed E-state index contributed by atoms with van der Waals surface area (Å²) in [6.45, 7) is -0.537. The van der Waals surface area contributed by atoms with Gasteiger partial charge in [0.25, 0.3) is 21.4 Å². The van der Waals surface area contributed by atoms with Crippen LogP contribution in [0.25, 0.3) is 0 Å². The molecule has 164 valence electrons. The van der Waals surface area contributed by atoms with E-state index in [9.17, 15) is 33.4 Å². The summed E-state index contributed by atoms with van der Waals surface area (Å²) in [5.41, 5.74) is -1.12. The van der Waals surface area contributed by atoms with Crippen LogP contribution >= 0.6 is 0 Å². The fourth-order valence-electron chi connectivity index (χ4n) is 2.77. The molecule has 3 aromatic rings. The van der Waals surface area contributed by atoms with Crippen LogP contribution < -0.4 is 4.72 Å². The van der Waals surface area contributed by atoms with E-state index in [1.165, 1.54) is 36.4 Å². The molecule has 0 fully saturated rings. The number of carbonyl (C=O) groups is 1. The summed E-state index contributed by atoms with van der Waals surface area (Å²) < 4.78 is 33.0. The molecule has 3 rings (SSSR count). The minimum absolute atomic E-state index is 0.0723. The smallest absolute Gasteiger partial charge is 0.340 e. The van der Waals surface area contributed by atoms with Crippen LogP contribution in [0, 0.1) is 20.2 Å². The van der Waals surface area contributed by atoms with E-state index in [0.717, 1.165) is 18.2 Å². The van der Waals surface area contributed by atoms with Gasteiger partial charge in [0.2, 0.25) is 0 Å². The number of rotatable bonds is 8. The number of benzene rings is 3. The summed E-state index contributed by atoms with van der Waals surface area (Å²) in [4.78, 5) is 33.0. The average molecular weight is 457 g/mol. The van der Waals surface area contributed by atoms with Crippen molar-refractivity contribution in [3.05, 3.63) is 104 Å². The van der Waals surface area contributed by atoms with Crippen LogP contribution in [0.1, 0.15) is 15.9 Å². The van der Waals surface area contributed by atoms with Gasteiger partial charge in [0, 0.05) is 23.9 Å². The van der Waals surface area contributed by atoms with E-state index in [0.29, 0.717) is 0 Å². The van der Waals surface area contributed by atoms with Gasteiger partial charge in [-0.15, -0.1) is 0 Å². The number of nitrogens with zero attached hydrogens (tertiary/aromatic N) is 2. The summed E-state index contributed by atoms with van der Waals surface area (Å²) in [5, 5.41) is 22.3. The lowest BCUT2D eigenvalue weighted by Gasteiger charge is -2.12. The zero-order valence-electron chi connectivity index (χ0n) is 16.2. The van der Waals surface area contributed by atoms with Crippen LogP contribution in [-0.4, -0.2) is 24.2 Å². The summed E-state index contributed by atoms with van der Waals surface area (Å²) in [7, 11) is -4.32. The lowest BCUT2D eigenvalue weighted by Crippen LogP contribution is -2.18. The highest BCUT2D eigenvalue weighted by Crippen LogP contribution is 2.26. The number of carbonyl (C=O) groups excluding carboxylic acids is 1. The van der Waals surface area contributed by atoms with Crippen molar-refractivity contribution in [3.63, 3.8) is 0 Å². The number of esters is 1. The van der Waals surface area contributed by atoms with Crippen molar-refractivity contribution in [1.82, 2.24) is 0 Å². The van der Waals surface area contributed by atoms with E-state index in [1.807, 2.05) is 0 Å².